The number of hydrogen-bond donors (Lipinski definition) is 2. The monoisotopic (exact) mass is 447 g/mol. The highest BCUT2D eigenvalue weighted by molar-refractivity contribution is 5.44. The predicted molar refractivity (Wildman–Crippen MR) is 134 cm³/mol. The minimum atomic E-state index is -0.911. The molecule has 2 N–H and O–H groups in total. The van der Waals surface area contributed by atoms with E-state index in [-0.39, 0.29) is 11.3 Å². The molecular formula is C30H41NO2. The summed E-state index contributed by atoms with van der Waals surface area (Å²) in [6, 6.07) is 9.17. The molecule has 0 aromatic heterocycles. The molecule has 0 radical (unpaired) electrons. The highest BCUT2D eigenvalue weighted by atomic mass is 16.3. The molecule has 0 heterocycles. The van der Waals surface area contributed by atoms with Gasteiger partial charge in [-0.15, -0.1) is 5.92 Å². The minimum Gasteiger partial charge on any atom is -0.386 e. The van der Waals surface area contributed by atoms with Crippen LogP contribution in [0.5, 0.6) is 0 Å². The molecular weight excluding hydrogens is 406 g/mol. The molecule has 5 rings (SSSR count). The van der Waals surface area contributed by atoms with E-state index in [0.29, 0.717) is 11.8 Å². The van der Waals surface area contributed by atoms with Gasteiger partial charge in [-0.3, -0.25) is 0 Å². The van der Waals surface area contributed by atoms with Gasteiger partial charge in [0.25, 0.3) is 0 Å². The number of benzene rings is 1. The summed E-state index contributed by atoms with van der Waals surface area (Å²) in [5, 5.41) is 23.5. The van der Waals surface area contributed by atoms with Gasteiger partial charge < -0.3 is 15.1 Å². The van der Waals surface area contributed by atoms with E-state index in [4.69, 9.17) is 0 Å². The van der Waals surface area contributed by atoms with Crippen LogP contribution in [0.15, 0.2) is 35.4 Å². The Balaban J connectivity index is 1.63. The van der Waals surface area contributed by atoms with Crippen LogP contribution in [0.1, 0.15) is 88.7 Å². The molecule has 6 atom stereocenters. The van der Waals surface area contributed by atoms with Crippen molar-refractivity contribution in [2.45, 2.75) is 95.3 Å². The fourth-order valence-corrected chi connectivity index (χ4v) is 8.16. The van der Waals surface area contributed by atoms with E-state index in [0.717, 1.165) is 57.9 Å². The van der Waals surface area contributed by atoms with E-state index in [1.165, 1.54) is 23.1 Å². The molecule has 0 bridgehead atoms. The van der Waals surface area contributed by atoms with Crippen molar-refractivity contribution in [3.63, 3.8) is 0 Å². The molecule has 0 aliphatic heterocycles. The number of aliphatic hydroxyl groups is 2. The molecule has 0 unspecified atom stereocenters. The first kappa shape index (κ1) is 23.2. The van der Waals surface area contributed by atoms with Gasteiger partial charge in [-0.1, -0.05) is 42.7 Å². The highest BCUT2D eigenvalue weighted by Crippen LogP contribution is 2.67. The van der Waals surface area contributed by atoms with Crippen LogP contribution in [0.4, 0.5) is 0 Å². The van der Waals surface area contributed by atoms with Gasteiger partial charge in [-0.05, 0) is 107 Å². The Morgan fingerprint density at radius 1 is 1.03 bits per heavy atom. The Labute approximate surface area is 200 Å². The third-order valence-corrected chi connectivity index (χ3v) is 9.73. The molecule has 3 nitrogen and oxygen atoms in total. The quantitative estimate of drug-likeness (QED) is 0.480. The SMILES string of the molecule is CC#C[C@]1(O)CC[C@H]2[C@@H]3CC[C@@]4(O)CCCCC4=C3[C@@H](c3ccc(CN(C)C)cc3)C[C@@]21C. The summed E-state index contributed by atoms with van der Waals surface area (Å²) in [5.41, 5.74) is 3.85. The summed E-state index contributed by atoms with van der Waals surface area (Å²) in [6.07, 6.45) is 8.94. The lowest BCUT2D eigenvalue weighted by Gasteiger charge is -2.56. The van der Waals surface area contributed by atoms with Gasteiger partial charge in [-0.2, -0.15) is 0 Å². The third kappa shape index (κ3) is 3.61. The summed E-state index contributed by atoms with van der Waals surface area (Å²) in [4.78, 5) is 2.20. The first-order valence-electron chi connectivity index (χ1n) is 13.1. The maximum Gasteiger partial charge on any atom is 0.131 e. The van der Waals surface area contributed by atoms with Crippen LogP contribution in [-0.4, -0.2) is 40.4 Å². The van der Waals surface area contributed by atoms with Crippen molar-refractivity contribution in [3.8, 4) is 11.8 Å². The number of nitrogens with zero attached hydrogens (tertiary/aromatic N) is 1. The van der Waals surface area contributed by atoms with Crippen LogP contribution in [-0.2, 0) is 6.54 Å². The minimum absolute atomic E-state index is 0.220. The predicted octanol–water partition coefficient (Wildman–Crippen LogP) is 5.42. The van der Waals surface area contributed by atoms with Crippen LogP contribution in [0.25, 0.3) is 0 Å². The Morgan fingerprint density at radius 3 is 2.48 bits per heavy atom. The van der Waals surface area contributed by atoms with Gasteiger partial charge in [0.2, 0.25) is 0 Å². The van der Waals surface area contributed by atoms with E-state index in [2.05, 4.69) is 62.0 Å². The number of fused-ring (bicyclic) bond motifs is 4. The summed E-state index contributed by atoms with van der Waals surface area (Å²) in [5.74, 6) is 7.47. The van der Waals surface area contributed by atoms with E-state index in [1.54, 1.807) is 5.57 Å². The normalized spacial score (nSPS) is 40.0. The number of hydrogen-bond acceptors (Lipinski definition) is 3. The standard InChI is InChI=1S/C30H41NO2/c1-5-15-30(33)18-14-25-23-13-17-29(32)16-7-6-8-26(29)27(23)24(19-28(25,30)2)22-11-9-21(10-12-22)20-31(3)4/h9-12,23-25,32-33H,6-8,13-14,16-20H2,1-4H3/t23-,24+,25-,28-,29-,30-/m0/s1. The maximum atomic E-state index is 11.8. The van der Waals surface area contributed by atoms with Gasteiger partial charge in [-0.25, -0.2) is 0 Å². The van der Waals surface area contributed by atoms with E-state index in [1.807, 2.05) is 6.92 Å². The van der Waals surface area contributed by atoms with Crippen molar-refractivity contribution in [3.05, 3.63) is 46.5 Å². The van der Waals surface area contributed by atoms with Crippen molar-refractivity contribution in [1.29, 1.82) is 0 Å². The molecule has 1 aromatic rings. The Bertz CT molecular complexity index is 998. The van der Waals surface area contributed by atoms with Crippen LogP contribution in [0, 0.1) is 29.1 Å². The molecule has 3 saturated carbocycles. The fourth-order valence-electron chi connectivity index (χ4n) is 8.16. The lowest BCUT2D eigenvalue weighted by Crippen LogP contribution is -2.53. The zero-order valence-electron chi connectivity index (χ0n) is 21.0. The average molecular weight is 448 g/mol. The molecule has 3 heteroatoms. The van der Waals surface area contributed by atoms with Crippen LogP contribution >= 0.6 is 0 Å². The second-order valence-electron chi connectivity index (χ2n) is 11.9. The first-order chi connectivity index (χ1) is 15.7. The van der Waals surface area contributed by atoms with Crippen LogP contribution in [0.3, 0.4) is 0 Å². The lowest BCUT2D eigenvalue weighted by molar-refractivity contribution is -0.0608. The molecule has 0 saturated heterocycles. The summed E-state index contributed by atoms with van der Waals surface area (Å²) in [6.45, 7) is 5.10. The highest BCUT2D eigenvalue weighted by Gasteiger charge is 2.63. The fraction of sp³-hybridized carbons (Fsp3) is 0.667. The number of allylic oxidation sites excluding steroid dienone is 1. The van der Waals surface area contributed by atoms with Gasteiger partial charge in [0.15, 0.2) is 0 Å². The van der Waals surface area contributed by atoms with Crippen LogP contribution in [0.2, 0.25) is 0 Å². The van der Waals surface area contributed by atoms with E-state index < -0.39 is 11.2 Å². The van der Waals surface area contributed by atoms with Crippen molar-refractivity contribution < 1.29 is 10.2 Å². The van der Waals surface area contributed by atoms with E-state index in [9.17, 15) is 10.2 Å². The molecule has 33 heavy (non-hydrogen) atoms. The second-order valence-corrected chi connectivity index (χ2v) is 11.9. The van der Waals surface area contributed by atoms with Crippen LogP contribution < -0.4 is 0 Å². The summed E-state index contributed by atoms with van der Waals surface area (Å²) >= 11 is 0. The topological polar surface area (TPSA) is 43.7 Å². The van der Waals surface area contributed by atoms with Gasteiger partial charge in [0.1, 0.15) is 5.60 Å². The zero-order chi connectivity index (χ0) is 23.4. The Hall–Kier alpha value is -1.60. The lowest BCUT2D eigenvalue weighted by atomic mass is 9.50. The molecule has 4 aliphatic carbocycles. The average Bonchev–Trinajstić information content (AvgIpc) is 3.03. The first-order valence-corrected chi connectivity index (χ1v) is 13.1. The van der Waals surface area contributed by atoms with Crippen molar-refractivity contribution in [2.24, 2.45) is 17.3 Å². The largest absolute Gasteiger partial charge is 0.386 e. The Kier molecular flexibility index (Phi) is 5.80. The molecule has 4 aliphatic rings. The van der Waals surface area contributed by atoms with Gasteiger partial charge in [0.05, 0.1) is 5.60 Å². The van der Waals surface area contributed by atoms with Crippen molar-refractivity contribution in [2.75, 3.05) is 14.1 Å². The molecule has 3 fully saturated rings. The molecule has 0 spiro atoms. The summed E-state index contributed by atoms with van der Waals surface area (Å²) < 4.78 is 0. The van der Waals surface area contributed by atoms with Crippen molar-refractivity contribution >= 4 is 0 Å². The number of rotatable bonds is 3. The van der Waals surface area contributed by atoms with E-state index >= 15 is 0 Å². The zero-order valence-corrected chi connectivity index (χ0v) is 21.0. The third-order valence-electron chi connectivity index (χ3n) is 9.73. The maximum absolute atomic E-state index is 11.8. The van der Waals surface area contributed by atoms with Gasteiger partial charge in [0, 0.05) is 17.9 Å². The Morgan fingerprint density at radius 2 is 1.79 bits per heavy atom. The summed E-state index contributed by atoms with van der Waals surface area (Å²) in [7, 11) is 4.21. The molecule has 1 aromatic carbocycles. The van der Waals surface area contributed by atoms with Crippen molar-refractivity contribution in [1.82, 2.24) is 4.90 Å². The smallest absolute Gasteiger partial charge is 0.131 e. The second kappa shape index (κ2) is 8.26. The molecule has 0 amide bonds. The van der Waals surface area contributed by atoms with Gasteiger partial charge >= 0.3 is 0 Å². The molecule has 178 valence electrons.